The number of amides is 1. The number of carbonyl (C=O) groups excluding carboxylic acids is 1. The molecule has 1 aliphatic carbocycles. The van der Waals surface area contributed by atoms with Gasteiger partial charge in [-0.05, 0) is 88.3 Å². The molecule has 3 heterocycles. The minimum atomic E-state index is -1.24. The van der Waals surface area contributed by atoms with Crippen molar-refractivity contribution in [3.05, 3.63) is 65.7 Å². The van der Waals surface area contributed by atoms with Gasteiger partial charge < -0.3 is 19.7 Å². The number of anilines is 1. The van der Waals surface area contributed by atoms with Gasteiger partial charge >= 0.3 is 0 Å². The first-order valence-electron chi connectivity index (χ1n) is 13.9. The van der Waals surface area contributed by atoms with E-state index >= 15 is 8.78 Å². The molecule has 2 aliphatic rings. The van der Waals surface area contributed by atoms with Crippen LogP contribution in [0, 0.1) is 11.6 Å². The Morgan fingerprint density at radius 2 is 2.00 bits per heavy atom. The maximum atomic E-state index is 15.3. The van der Waals surface area contributed by atoms with Crippen LogP contribution in [-0.4, -0.2) is 57.3 Å². The van der Waals surface area contributed by atoms with Crippen LogP contribution in [0.4, 0.5) is 14.5 Å². The number of hydrogen-bond acceptors (Lipinski definition) is 8. The van der Waals surface area contributed by atoms with Crippen molar-refractivity contribution in [3.8, 4) is 17.1 Å². The van der Waals surface area contributed by atoms with Crippen LogP contribution in [0.1, 0.15) is 69.0 Å². The van der Waals surface area contributed by atoms with Crippen molar-refractivity contribution >= 4 is 23.5 Å². The van der Waals surface area contributed by atoms with Gasteiger partial charge in [0.15, 0.2) is 11.6 Å². The van der Waals surface area contributed by atoms with Crippen LogP contribution in [0.25, 0.3) is 11.3 Å². The van der Waals surface area contributed by atoms with Gasteiger partial charge in [0, 0.05) is 30.7 Å². The zero-order chi connectivity index (χ0) is 27.9. The van der Waals surface area contributed by atoms with Crippen molar-refractivity contribution < 1.29 is 19.7 Å². The fraction of sp³-hybridized carbons (Fsp3) is 0.448. The normalized spacial score (nSPS) is 16.4. The number of ether oxygens (including phenoxy) is 1. The van der Waals surface area contributed by atoms with E-state index in [1.165, 1.54) is 43.8 Å². The monoisotopic (exact) mass is 570 g/mol. The third-order valence-electron chi connectivity index (χ3n) is 7.00. The quantitative estimate of drug-likeness (QED) is 0.255. The van der Waals surface area contributed by atoms with Gasteiger partial charge in [0.05, 0.1) is 42.0 Å². The number of rotatable bonds is 12. The minimum absolute atomic E-state index is 0. The topological polar surface area (TPSA) is 92.3 Å². The van der Waals surface area contributed by atoms with Gasteiger partial charge in [-0.3, -0.25) is 14.8 Å². The van der Waals surface area contributed by atoms with Crippen molar-refractivity contribution in [2.24, 2.45) is 0 Å². The molecule has 40 heavy (non-hydrogen) atoms. The van der Waals surface area contributed by atoms with Crippen molar-refractivity contribution in [2.45, 2.75) is 56.7 Å². The fourth-order valence-corrected chi connectivity index (χ4v) is 5.48. The second-order valence-electron chi connectivity index (χ2n) is 10.1. The molecule has 1 unspecified atom stereocenters. The number of nitrogens with zero attached hydrogens (tertiary/aromatic N) is 4. The van der Waals surface area contributed by atoms with Crippen LogP contribution in [0.15, 0.2) is 42.9 Å². The van der Waals surface area contributed by atoms with Crippen LogP contribution < -0.4 is 14.8 Å². The molecule has 3 aromatic rings. The van der Waals surface area contributed by atoms with Gasteiger partial charge in [-0.25, -0.2) is 13.8 Å². The van der Waals surface area contributed by atoms with Gasteiger partial charge in [0.1, 0.15) is 0 Å². The van der Waals surface area contributed by atoms with Gasteiger partial charge in [0.25, 0.3) is 5.91 Å². The van der Waals surface area contributed by atoms with Crippen molar-refractivity contribution in [3.63, 3.8) is 0 Å². The van der Waals surface area contributed by atoms with E-state index in [2.05, 4.69) is 29.9 Å². The highest BCUT2D eigenvalue weighted by molar-refractivity contribution is 8.01. The lowest BCUT2D eigenvalue weighted by molar-refractivity contribution is 0.0924. The Morgan fingerprint density at radius 1 is 1.18 bits per heavy atom. The van der Waals surface area contributed by atoms with E-state index in [4.69, 9.17) is 4.74 Å². The Bertz CT molecular complexity index is 1330. The molecule has 0 radical (unpaired) electrons. The standard InChI is InChI=1S/C29H34F2N6O2S.H2/c1-2-39-26-18-32-17-25(34-26)21-8-9-22(28(31)27(21)30)29(38)35-23(11-15-37-13-4-3-5-14-37)24-16-19(10-12-33-24)36-40-20-6-7-20;/h8-10,12,16-18,20,23H,2-7,11,13-15H2,1H3,(H,33,36)(H,35,38);1H. The van der Waals surface area contributed by atoms with Crippen LogP contribution in [0.5, 0.6) is 5.88 Å². The molecule has 0 spiro atoms. The van der Waals surface area contributed by atoms with Gasteiger partial charge in [-0.2, -0.15) is 0 Å². The third-order valence-corrected chi connectivity index (χ3v) is 8.16. The number of piperidine rings is 1. The lowest BCUT2D eigenvalue weighted by atomic mass is 10.0. The number of hydrogen-bond donors (Lipinski definition) is 2. The first-order chi connectivity index (χ1) is 19.5. The SMILES string of the molecule is CCOc1cncc(-c2ccc(C(=O)NC(CCN3CCCCC3)c3cc(NSC4CC4)ccn3)c(F)c2F)n1.[HH]. The molecule has 1 aliphatic heterocycles. The molecule has 2 aromatic heterocycles. The van der Waals surface area contributed by atoms with Crippen LogP contribution >= 0.6 is 11.9 Å². The van der Waals surface area contributed by atoms with Crippen LogP contribution in [0.3, 0.4) is 0 Å². The highest BCUT2D eigenvalue weighted by Crippen LogP contribution is 2.35. The molecule has 2 N–H and O–H groups in total. The molecular weight excluding hydrogens is 534 g/mol. The first kappa shape index (κ1) is 28.2. The van der Waals surface area contributed by atoms with Crippen molar-refractivity contribution in [1.82, 2.24) is 25.2 Å². The summed E-state index contributed by atoms with van der Waals surface area (Å²) in [5, 5.41) is 3.55. The number of nitrogens with one attached hydrogen (secondary N) is 2. The third kappa shape index (κ3) is 7.25. The molecule has 1 aromatic carbocycles. The average molecular weight is 571 g/mol. The maximum Gasteiger partial charge on any atom is 0.254 e. The van der Waals surface area contributed by atoms with Gasteiger partial charge in [-0.1, -0.05) is 6.42 Å². The summed E-state index contributed by atoms with van der Waals surface area (Å²) in [6.45, 7) is 4.95. The van der Waals surface area contributed by atoms with Crippen molar-refractivity contribution in [2.75, 3.05) is 31.0 Å². The average Bonchev–Trinajstić information content (AvgIpc) is 3.81. The van der Waals surface area contributed by atoms with Gasteiger partial charge in [0.2, 0.25) is 5.88 Å². The molecule has 1 amide bonds. The summed E-state index contributed by atoms with van der Waals surface area (Å²) in [7, 11) is 0. The summed E-state index contributed by atoms with van der Waals surface area (Å²) >= 11 is 1.69. The Labute approximate surface area is 239 Å². The molecule has 8 nitrogen and oxygen atoms in total. The number of pyridine rings is 1. The molecule has 11 heteroatoms. The smallest absolute Gasteiger partial charge is 0.254 e. The zero-order valence-electron chi connectivity index (χ0n) is 22.5. The van der Waals surface area contributed by atoms with Crippen LogP contribution in [0.2, 0.25) is 0 Å². The first-order valence-corrected chi connectivity index (χ1v) is 14.7. The Morgan fingerprint density at radius 3 is 2.77 bits per heavy atom. The van der Waals surface area contributed by atoms with Gasteiger partial charge in [-0.15, -0.1) is 0 Å². The fourth-order valence-electron chi connectivity index (χ4n) is 4.68. The number of likely N-dealkylation sites (tertiary alicyclic amines) is 1. The molecule has 0 bridgehead atoms. The van der Waals surface area contributed by atoms with E-state index in [-0.39, 0.29) is 24.1 Å². The maximum absolute atomic E-state index is 15.3. The molecule has 1 atom stereocenters. The zero-order valence-corrected chi connectivity index (χ0v) is 23.4. The Balaban J connectivity index is 0.00000387. The largest absolute Gasteiger partial charge is 0.477 e. The highest BCUT2D eigenvalue weighted by Gasteiger charge is 2.25. The second kappa shape index (κ2) is 13.4. The minimum Gasteiger partial charge on any atom is -0.477 e. The van der Waals surface area contributed by atoms with Crippen LogP contribution in [-0.2, 0) is 0 Å². The highest BCUT2D eigenvalue weighted by atomic mass is 32.2. The predicted octanol–water partition coefficient (Wildman–Crippen LogP) is 6.03. The summed E-state index contributed by atoms with van der Waals surface area (Å²) < 4.78 is 39.2. The van der Waals surface area contributed by atoms with E-state index in [0.717, 1.165) is 38.2 Å². The Kier molecular flexibility index (Phi) is 9.43. The second-order valence-corrected chi connectivity index (χ2v) is 11.2. The van der Waals surface area contributed by atoms with E-state index < -0.39 is 23.6 Å². The molecule has 214 valence electrons. The molecule has 5 rings (SSSR count). The number of carbonyl (C=O) groups is 1. The lowest BCUT2D eigenvalue weighted by Gasteiger charge is -2.28. The summed E-state index contributed by atoms with van der Waals surface area (Å²) in [6.07, 6.45) is 11.0. The number of benzene rings is 1. The predicted molar refractivity (Wildman–Crippen MR) is 154 cm³/mol. The Hall–Kier alpha value is -3.31. The molecule has 1 saturated carbocycles. The lowest BCUT2D eigenvalue weighted by Crippen LogP contribution is -2.35. The molecular formula is C29H36F2N6O2S. The molecule has 1 saturated heterocycles. The number of aromatic nitrogens is 3. The summed E-state index contributed by atoms with van der Waals surface area (Å²) in [6, 6.07) is 5.95. The summed E-state index contributed by atoms with van der Waals surface area (Å²) in [5.74, 6) is -2.90. The number of halogens is 2. The van der Waals surface area contributed by atoms with Crippen molar-refractivity contribution in [1.29, 1.82) is 0 Å². The summed E-state index contributed by atoms with van der Waals surface area (Å²) in [5.41, 5.74) is 1.21. The van der Waals surface area contributed by atoms with E-state index in [1.807, 2.05) is 12.1 Å². The van der Waals surface area contributed by atoms with E-state index in [9.17, 15) is 4.79 Å². The van der Waals surface area contributed by atoms with E-state index in [0.29, 0.717) is 24.0 Å². The molecule has 2 fully saturated rings. The van der Waals surface area contributed by atoms with E-state index in [1.54, 1.807) is 25.1 Å². The summed E-state index contributed by atoms with van der Waals surface area (Å²) in [4.78, 5) is 28.4.